The first kappa shape index (κ1) is 14.7. The van der Waals surface area contributed by atoms with E-state index in [1.54, 1.807) is 0 Å². The van der Waals surface area contributed by atoms with Crippen LogP contribution in [0.15, 0.2) is 22.7 Å². The lowest BCUT2D eigenvalue weighted by Gasteiger charge is -2.05. The molecule has 0 spiro atoms. The highest BCUT2D eigenvalue weighted by Gasteiger charge is 2.35. The molecule has 5 nitrogen and oxygen atoms in total. The van der Waals surface area contributed by atoms with Gasteiger partial charge in [-0.3, -0.25) is 0 Å². The number of carboxylic acids is 1. The molecule has 0 aliphatic heterocycles. The second-order valence-corrected chi connectivity index (χ2v) is 5.37. The van der Waals surface area contributed by atoms with Gasteiger partial charge in [-0.2, -0.15) is 13.2 Å². The van der Waals surface area contributed by atoms with Crippen molar-refractivity contribution >= 4 is 44.1 Å². The molecule has 1 aromatic carbocycles. The third-order valence-corrected chi connectivity index (χ3v) is 3.66. The van der Waals surface area contributed by atoms with E-state index in [1.165, 1.54) is 18.2 Å². The fraction of sp³-hybridized carbons (Fsp3) is 0.100. The van der Waals surface area contributed by atoms with Crippen molar-refractivity contribution in [1.82, 2.24) is 10.2 Å². The van der Waals surface area contributed by atoms with Crippen LogP contribution in [-0.2, 0) is 6.18 Å². The Labute approximate surface area is 122 Å². The van der Waals surface area contributed by atoms with Crippen molar-refractivity contribution in [1.29, 1.82) is 0 Å². The van der Waals surface area contributed by atoms with E-state index >= 15 is 0 Å². The number of carboxylic acid groups (broad SMARTS) is 1. The van der Waals surface area contributed by atoms with Gasteiger partial charge in [-0.1, -0.05) is 11.3 Å². The third-order valence-electron chi connectivity index (χ3n) is 2.13. The molecular formula is C10H5BrF3N3O2S. The van der Waals surface area contributed by atoms with Gasteiger partial charge < -0.3 is 10.4 Å². The number of aromatic carboxylic acids is 1. The fourth-order valence-corrected chi connectivity index (χ4v) is 2.35. The number of aromatic nitrogens is 2. The van der Waals surface area contributed by atoms with Gasteiger partial charge in [-0.05, 0) is 34.1 Å². The van der Waals surface area contributed by atoms with Crippen LogP contribution >= 0.6 is 27.3 Å². The Morgan fingerprint density at radius 3 is 2.55 bits per heavy atom. The molecule has 1 aromatic heterocycles. The minimum absolute atomic E-state index is 0.0406. The number of nitrogens with one attached hydrogen (secondary N) is 1. The lowest BCUT2D eigenvalue weighted by Crippen LogP contribution is -2.03. The van der Waals surface area contributed by atoms with Gasteiger partial charge in [0.05, 0.1) is 11.3 Å². The van der Waals surface area contributed by atoms with E-state index in [0.717, 1.165) is 0 Å². The fourth-order valence-electron chi connectivity index (χ4n) is 1.25. The van der Waals surface area contributed by atoms with Crippen LogP contribution in [-0.4, -0.2) is 21.3 Å². The van der Waals surface area contributed by atoms with Crippen LogP contribution in [0.1, 0.15) is 15.4 Å². The maximum atomic E-state index is 12.4. The number of carbonyl (C=O) groups is 1. The van der Waals surface area contributed by atoms with Crippen LogP contribution in [0.3, 0.4) is 0 Å². The van der Waals surface area contributed by atoms with Crippen LogP contribution < -0.4 is 5.32 Å². The summed E-state index contributed by atoms with van der Waals surface area (Å²) in [4.78, 5) is 10.7. The molecule has 1 heterocycles. The number of nitrogens with zero attached hydrogens (tertiary/aromatic N) is 2. The Hall–Kier alpha value is -1.68. The zero-order valence-corrected chi connectivity index (χ0v) is 11.8. The first-order chi connectivity index (χ1) is 9.27. The van der Waals surface area contributed by atoms with Crippen molar-refractivity contribution in [3.8, 4) is 0 Å². The molecule has 0 saturated carbocycles. The number of hydrogen-bond donors (Lipinski definition) is 2. The largest absolute Gasteiger partial charge is 0.478 e. The topological polar surface area (TPSA) is 75.1 Å². The molecule has 10 heteroatoms. The molecule has 0 unspecified atom stereocenters. The van der Waals surface area contributed by atoms with Crippen LogP contribution in [0.4, 0.5) is 24.0 Å². The van der Waals surface area contributed by atoms with Crippen LogP contribution in [0.5, 0.6) is 0 Å². The third kappa shape index (κ3) is 3.25. The molecular weight excluding hydrogens is 363 g/mol. The van der Waals surface area contributed by atoms with E-state index in [-0.39, 0.29) is 10.7 Å². The number of hydrogen-bond acceptors (Lipinski definition) is 5. The smallest absolute Gasteiger partial charge is 0.445 e. The molecule has 0 fully saturated rings. The SMILES string of the molecule is O=C(O)c1ccc(Nc2nnc(C(F)(F)F)s2)c(Br)c1. The molecule has 0 saturated heterocycles. The van der Waals surface area contributed by atoms with Gasteiger partial charge >= 0.3 is 12.1 Å². The molecule has 0 aliphatic rings. The first-order valence-corrected chi connectivity index (χ1v) is 6.59. The summed E-state index contributed by atoms with van der Waals surface area (Å²) in [5.41, 5.74) is 0.440. The molecule has 0 bridgehead atoms. The van der Waals surface area contributed by atoms with E-state index < -0.39 is 17.2 Å². The maximum absolute atomic E-state index is 12.4. The Bertz CT molecular complexity index is 659. The monoisotopic (exact) mass is 367 g/mol. The summed E-state index contributed by atoms with van der Waals surface area (Å²) in [5.74, 6) is -1.10. The molecule has 0 amide bonds. The van der Waals surface area contributed by atoms with Gasteiger partial charge in [0.15, 0.2) is 0 Å². The van der Waals surface area contributed by atoms with Crippen molar-refractivity contribution in [2.45, 2.75) is 6.18 Å². The van der Waals surface area contributed by atoms with Gasteiger partial charge in [-0.25, -0.2) is 4.79 Å². The summed E-state index contributed by atoms with van der Waals surface area (Å²) in [5, 5.41) is 16.7. The molecule has 0 radical (unpaired) electrons. The predicted octanol–water partition coefficient (Wildman–Crippen LogP) is 3.76. The molecule has 2 rings (SSSR count). The second-order valence-electron chi connectivity index (χ2n) is 3.53. The molecule has 106 valence electrons. The Kier molecular flexibility index (Phi) is 3.95. The zero-order chi connectivity index (χ0) is 14.9. The second kappa shape index (κ2) is 5.37. The Morgan fingerprint density at radius 2 is 2.05 bits per heavy atom. The van der Waals surface area contributed by atoms with E-state index in [2.05, 4.69) is 31.4 Å². The number of halogens is 4. The van der Waals surface area contributed by atoms with Crippen LogP contribution in [0.25, 0.3) is 0 Å². The van der Waals surface area contributed by atoms with Crippen LogP contribution in [0.2, 0.25) is 0 Å². The minimum atomic E-state index is -4.54. The van der Waals surface area contributed by atoms with Crippen molar-refractivity contribution in [2.75, 3.05) is 5.32 Å². The van der Waals surface area contributed by atoms with Crippen molar-refractivity contribution in [3.63, 3.8) is 0 Å². The first-order valence-electron chi connectivity index (χ1n) is 4.98. The average Bonchev–Trinajstić information content (AvgIpc) is 2.80. The van der Waals surface area contributed by atoms with Gasteiger partial charge in [0.1, 0.15) is 0 Å². The highest BCUT2D eigenvalue weighted by molar-refractivity contribution is 9.10. The van der Waals surface area contributed by atoms with Crippen molar-refractivity contribution in [3.05, 3.63) is 33.2 Å². The predicted molar refractivity (Wildman–Crippen MR) is 69.3 cm³/mol. The molecule has 2 aromatic rings. The molecule has 20 heavy (non-hydrogen) atoms. The average molecular weight is 368 g/mol. The Morgan fingerprint density at radius 1 is 1.35 bits per heavy atom. The minimum Gasteiger partial charge on any atom is -0.478 e. The number of alkyl halides is 3. The highest BCUT2D eigenvalue weighted by atomic mass is 79.9. The van der Waals surface area contributed by atoms with Gasteiger partial charge in [0, 0.05) is 4.47 Å². The number of benzene rings is 1. The quantitative estimate of drug-likeness (QED) is 0.863. The van der Waals surface area contributed by atoms with E-state index in [9.17, 15) is 18.0 Å². The zero-order valence-electron chi connectivity index (χ0n) is 9.40. The summed E-state index contributed by atoms with van der Waals surface area (Å²) >= 11 is 3.49. The van der Waals surface area contributed by atoms with E-state index in [1.807, 2.05) is 0 Å². The van der Waals surface area contributed by atoms with E-state index in [0.29, 0.717) is 21.5 Å². The number of anilines is 2. The normalized spacial score (nSPS) is 11.4. The molecule has 0 aliphatic carbocycles. The number of rotatable bonds is 3. The van der Waals surface area contributed by atoms with Gasteiger partial charge in [-0.15, -0.1) is 10.2 Å². The maximum Gasteiger partial charge on any atom is 0.445 e. The van der Waals surface area contributed by atoms with Gasteiger partial charge in [0.25, 0.3) is 0 Å². The molecule has 2 N–H and O–H groups in total. The lowest BCUT2D eigenvalue weighted by atomic mass is 10.2. The summed E-state index contributed by atoms with van der Waals surface area (Å²) in [6, 6.07) is 4.07. The van der Waals surface area contributed by atoms with Crippen molar-refractivity contribution in [2.24, 2.45) is 0 Å². The summed E-state index contributed by atoms with van der Waals surface area (Å²) in [7, 11) is 0. The lowest BCUT2D eigenvalue weighted by molar-refractivity contribution is -0.138. The van der Waals surface area contributed by atoms with Gasteiger partial charge in [0.2, 0.25) is 10.1 Å². The van der Waals surface area contributed by atoms with Crippen molar-refractivity contribution < 1.29 is 23.1 Å². The summed E-state index contributed by atoms with van der Waals surface area (Å²) in [6.45, 7) is 0. The van der Waals surface area contributed by atoms with E-state index in [4.69, 9.17) is 5.11 Å². The molecule has 0 atom stereocenters. The standard InChI is InChI=1S/C10H5BrF3N3O2S/c11-5-3-4(7(18)19)1-2-6(5)15-9-17-16-8(20-9)10(12,13)14/h1-3H,(H,15,17)(H,18,19). The van der Waals surface area contributed by atoms with Crippen LogP contribution in [0, 0.1) is 0 Å². The summed E-state index contributed by atoms with van der Waals surface area (Å²) in [6.07, 6.45) is -4.54. The summed E-state index contributed by atoms with van der Waals surface area (Å²) < 4.78 is 37.5. The highest BCUT2D eigenvalue weighted by Crippen LogP contribution is 2.35. The Balaban J connectivity index is 2.22.